The lowest BCUT2D eigenvalue weighted by Gasteiger charge is -2.14. The van der Waals surface area contributed by atoms with E-state index < -0.39 is 10.2 Å². The zero-order valence-corrected chi connectivity index (χ0v) is 9.30. The molecule has 0 atom stereocenters. The summed E-state index contributed by atoms with van der Waals surface area (Å²) in [5.74, 6) is 0. The first-order valence-electron chi connectivity index (χ1n) is 3.76. The Labute approximate surface area is 81.6 Å². The molecule has 0 fully saturated rings. The maximum Gasteiger partial charge on any atom is 0.341 e. The summed E-state index contributed by atoms with van der Waals surface area (Å²) in [7, 11) is -4.52. The summed E-state index contributed by atoms with van der Waals surface area (Å²) in [6, 6.07) is 2.96. The Hall–Kier alpha value is -0.420. The minimum atomic E-state index is -4.52. The van der Waals surface area contributed by atoms with Gasteiger partial charge in [0.15, 0.2) is 4.21 Å². The summed E-state index contributed by atoms with van der Waals surface area (Å²) < 4.78 is 33.3. The highest BCUT2D eigenvalue weighted by atomic mass is 32.3. The molecule has 0 bridgehead atoms. The number of hydrogen-bond donors (Lipinski definition) is 0. The van der Waals surface area contributed by atoms with Crippen LogP contribution in [-0.4, -0.2) is 8.42 Å². The van der Waals surface area contributed by atoms with Crippen molar-refractivity contribution in [3.05, 3.63) is 17.0 Å². The van der Waals surface area contributed by atoms with E-state index in [0.29, 0.717) is 0 Å². The topological polar surface area (TPSA) is 34.1 Å². The lowest BCUT2D eigenvalue weighted by molar-refractivity contribution is 0.554. The Morgan fingerprint density at radius 1 is 1.31 bits per heavy atom. The largest absolute Gasteiger partial charge is 0.341 e. The first-order valence-corrected chi connectivity index (χ1v) is 5.96. The third-order valence-corrected chi connectivity index (χ3v) is 4.33. The van der Waals surface area contributed by atoms with E-state index in [4.69, 9.17) is 0 Å². The Morgan fingerprint density at radius 3 is 2.08 bits per heavy atom. The van der Waals surface area contributed by atoms with Crippen LogP contribution in [0.4, 0.5) is 3.89 Å². The van der Waals surface area contributed by atoms with Gasteiger partial charge in [-0.15, -0.1) is 11.3 Å². The van der Waals surface area contributed by atoms with Crippen LogP contribution in [0, 0.1) is 0 Å². The number of hydrogen-bond acceptors (Lipinski definition) is 3. The van der Waals surface area contributed by atoms with Crippen LogP contribution in [0.25, 0.3) is 0 Å². The van der Waals surface area contributed by atoms with Gasteiger partial charge < -0.3 is 0 Å². The van der Waals surface area contributed by atoms with E-state index in [9.17, 15) is 12.3 Å². The van der Waals surface area contributed by atoms with E-state index in [1.165, 1.54) is 6.07 Å². The van der Waals surface area contributed by atoms with Crippen molar-refractivity contribution in [1.82, 2.24) is 0 Å². The predicted octanol–water partition coefficient (Wildman–Crippen LogP) is 2.70. The Bertz CT molecular complexity index is 398. The maximum absolute atomic E-state index is 12.5. The molecule has 1 aromatic rings. The highest BCUT2D eigenvalue weighted by Crippen LogP contribution is 2.32. The molecule has 0 amide bonds. The Kier molecular flexibility index (Phi) is 2.51. The highest BCUT2D eigenvalue weighted by molar-refractivity contribution is 7.88. The summed E-state index contributed by atoms with van der Waals surface area (Å²) in [5.41, 5.74) is -0.131. The van der Waals surface area contributed by atoms with Crippen molar-refractivity contribution in [2.75, 3.05) is 0 Å². The van der Waals surface area contributed by atoms with E-state index in [1.807, 2.05) is 20.8 Å². The smallest absolute Gasteiger partial charge is 0.188 e. The second-order valence-electron chi connectivity index (χ2n) is 3.81. The molecule has 1 heterocycles. The second-order valence-corrected chi connectivity index (χ2v) is 6.46. The molecule has 0 aliphatic rings. The first kappa shape index (κ1) is 10.7. The molecule has 0 aliphatic heterocycles. The fourth-order valence-electron chi connectivity index (χ4n) is 0.854. The van der Waals surface area contributed by atoms with E-state index in [0.717, 1.165) is 16.2 Å². The van der Waals surface area contributed by atoms with Gasteiger partial charge in [-0.25, -0.2) is 0 Å². The van der Waals surface area contributed by atoms with Gasteiger partial charge in [0.2, 0.25) is 0 Å². The molecule has 0 saturated heterocycles. The first-order chi connectivity index (χ1) is 5.71. The lowest BCUT2D eigenvalue weighted by Crippen LogP contribution is -2.07. The summed E-state index contributed by atoms with van der Waals surface area (Å²) in [6.07, 6.45) is 0. The molecule has 0 unspecified atom stereocenters. The zero-order valence-electron chi connectivity index (χ0n) is 7.67. The van der Waals surface area contributed by atoms with Gasteiger partial charge >= 0.3 is 10.2 Å². The average molecular weight is 222 g/mol. The van der Waals surface area contributed by atoms with Gasteiger partial charge in [-0.05, 0) is 17.5 Å². The van der Waals surface area contributed by atoms with Gasteiger partial charge in [0.25, 0.3) is 0 Å². The third-order valence-electron chi connectivity index (χ3n) is 1.56. The molecule has 0 N–H and O–H groups in total. The van der Waals surface area contributed by atoms with Crippen LogP contribution in [0.2, 0.25) is 0 Å². The molecule has 0 saturated carbocycles. The molecule has 13 heavy (non-hydrogen) atoms. The zero-order chi connectivity index (χ0) is 10.3. The van der Waals surface area contributed by atoms with Gasteiger partial charge in [-0.2, -0.15) is 8.42 Å². The van der Waals surface area contributed by atoms with Gasteiger partial charge in [-0.1, -0.05) is 24.7 Å². The summed E-state index contributed by atoms with van der Waals surface area (Å²) in [4.78, 5) is 0.865. The van der Waals surface area contributed by atoms with E-state index in [-0.39, 0.29) is 9.62 Å². The van der Waals surface area contributed by atoms with Crippen molar-refractivity contribution in [3.63, 3.8) is 0 Å². The molecular formula is C8H11FO2S2. The molecule has 1 aromatic heterocycles. The molecule has 1 rings (SSSR count). The molecule has 74 valence electrons. The Balaban J connectivity index is 3.16. The number of rotatable bonds is 1. The van der Waals surface area contributed by atoms with Crippen molar-refractivity contribution < 1.29 is 12.3 Å². The van der Waals surface area contributed by atoms with Gasteiger partial charge in [0.05, 0.1) is 0 Å². The van der Waals surface area contributed by atoms with E-state index >= 15 is 0 Å². The molecule has 0 aliphatic carbocycles. The average Bonchev–Trinajstić information content (AvgIpc) is 2.28. The van der Waals surface area contributed by atoms with Crippen molar-refractivity contribution >= 4 is 21.6 Å². The minimum absolute atomic E-state index is 0.131. The highest BCUT2D eigenvalue weighted by Gasteiger charge is 2.21. The van der Waals surface area contributed by atoms with Gasteiger partial charge in [0, 0.05) is 4.88 Å². The van der Waals surface area contributed by atoms with Crippen LogP contribution in [0.5, 0.6) is 0 Å². The maximum atomic E-state index is 12.5. The van der Waals surface area contributed by atoms with Crippen molar-refractivity contribution in [3.8, 4) is 0 Å². The molecule has 0 aromatic carbocycles. The van der Waals surface area contributed by atoms with E-state index in [2.05, 4.69) is 0 Å². The minimum Gasteiger partial charge on any atom is -0.188 e. The molecule has 2 nitrogen and oxygen atoms in total. The molecule has 0 spiro atoms. The van der Waals surface area contributed by atoms with Crippen molar-refractivity contribution in [1.29, 1.82) is 0 Å². The number of thiophene rings is 1. The van der Waals surface area contributed by atoms with Crippen molar-refractivity contribution in [2.45, 2.75) is 30.4 Å². The van der Waals surface area contributed by atoms with Crippen molar-refractivity contribution in [2.24, 2.45) is 0 Å². The van der Waals surface area contributed by atoms with Gasteiger partial charge in [-0.3, -0.25) is 0 Å². The molecular weight excluding hydrogens is 211 g/mol. The monoisotopic (exact) mass is 222 g/mol. The summed E-state index contributed by atoms with van der Waals surface area (Å²) >= 11 is 0.984. The van der Waals surface area contributed by atoms with Crippen LogP contribution in [0.1, 0.15) is 25.6 Å². The fourth-order valence-corrected chi connectivity index (χ4v) is 2.55. The van der Waals surface area contributed by atoms with Crippen LogP contribution in [0.3, 0.4) is 0 Å². The van der Waals surface area contributed by atoms with Crippen LogP contribution < -0.4 is 0 Å². The van der Waals surface area contributed by atoms with Crippen LogP contribution in [0.15, 0.2) is 16.3 Å². The fraction of sp³-hybridized carbons (Fsp3) is 0.500. The lowest BCUT2D eigenvalue weighted by atomic mass is 9.95. The second kappa shape index (κ2) is 3.06. The van der Waals surface area contributed by atoms with Crippen LogP contribution in [-0.2, 0) is 15.6 Å². The standard InChI is InChI=1S/C8H11FO2S2/c1-8(2,3)6-4-5-7(12-6)13(9,10)11/h4-5H,1-3H3. The SMILES string of the molecule is CC(C)(C)c1ccc(S(=O)(=O)F)s1. The normalized spacial score (nSPS) is 13.2. The van der Waals surface area contributed by atoms with Gasteiger partial charge in [0.1, 0.15) is 0 Å². The number of halogens is 1. The Morgan fingerprint density at radius 2 is 1.85 bits per heavy atom. The third kappa shape index (κ3) is 2.51. The molecule has 0 radical (unpaired) electrons. The summed E-state index contributed by atoms with van der Waals surface area (Å²) in [5, 5.41) is 0. The summed E-state index contributed by atoms with van der Waals surface area (Å²) in [6.45, 7) is 5.86. The predicted molar refractivity (Wildman–Crippen MR) is 51.3 cm³/mol. The van der Waals surface area contributed by atoms with Crippen LogP contribution >= 0.6 is 11.3 Å². The quantitative estimate of drug-likeness (QED) is 0.685. The van der Waals surface area contributed by atoms with E-state index in [1.54, 1.807) is 6.07 Å². The molecule has 5 heteroatoms.